The zero-order chi connectivity index (χ0) is 41.9. The van der Waals surface area contributed by atoms with Crippen LogP contribution in [0.2, 0.25) is 0 Å². The Morgan fingerprint density at radius 3 is 1.37 bits per heavy atom. The van der Waals surface area contributed by atoms with Gasteiger partial charge in [0.2, 0.25) is 0 Å². The molecule has 0 saturated heterocycles. The van der Waals surface area contributed by atoms with Gasteiger partial charge in [-0.15, -0.1) is 0 Å². The van der Waals surface area contributed by atoms with Crippen LogP contribution in [-0.2, 0) is 6.18 Å². The number of rotatable bonds is 4. The van der Waals surface area contributed by atoms with Crippen molar-refractivity contribution < 1.29 is 13.2 Å². The normalized spacial score (nSPS) is 11.2. The molecule has 0 fully saturated rings. The van der Waals surface area contributed by atoms with Crippen LogP contribution in [0.1, 0.15) is 22.3 Å². The van der Waals surface area contributed by atoms with Crippen LogP contribution in [0.15, 0.2) is 127 Å². The van der Waals surface area contributed by atoms with Gasteiger partial charge in [0.15, 0.2) is 17.1 Å². The van der Waals surface area contributed by atoms with Gasteiger partial charge in [-0.25, -0.2) is 14.5 Å². The average molecular weight is 779 g/mol. The van der Waals surface area contributed by atoms with Gasteiger partial charge >= 0.3 is 6.18 Å². The minimum absolute atomic E-state index is 0.188. The quantitative estimate of drug-likeness (QED) is 0.166. The molecule has 278 valence electrons. The maximum atomic E-state index is 13.8. The summed E-state index contributed by atoms with van der Waals surface area (Å²) in [4.78, 5) is 10.8. The maximum absolute atomic E-state index is 13.8. The Hall–Kier alpha value is -9.13. The SMILES string of the molecule is [C-]#[N+]c1ccc2c(c1)c1cc([N+]#[C-])ccc1n2-c1cc(-c2ccc(C(F)(F)F)cc2[N+]#[C-])ccc1-c1ccc(C#N)cc1-n1c2ccc(C#N)cc2c2cc(C#N)ccc21. The first-order valence-corrected chi connectivity index (χ1v) is 18.1. The first-order chi connectivity index (χ1) is 29.1. The van der Waals surface area contributed by atoms with Crippen LogP contribution in [0.3, 0.4) is 0 Å². The molecule has 0 saturated carbocycles. The smallest absolute Gasteiger partial charge is 0.309 e. The highest BCUT2D eigenvalue weighted by molar-refractivity contribution is 6.13. The van der Waals surface area contributed by atoms with Gasteiger partial charge in [-0.1, -0.05) is 42.5 Å². The Kier molecular flexibility index (Phi) is 8.40. The predicted octanol–water partition coefficient (Wildman–Crippen LogP) is 13.5. The average Bonchev–Trinajstić information content (AvgIpc) is 3.78. The summed E-state index contributed by atoms with van der Waals surface area (Å²) in [7, 11) is 0. The zero-order valence-electron chi connectivity index (χ0n) is 30.8. The summed E-state index contributed by atoms with van der Waals surface area (Å²) in [5.41, 5.74) is 6.74. The van der Waals surface area contributed by atoms with Gasteiger partial charge in [-0.05, 0) is 107 Å². The summed E-state index contributed by atoms with van der Waals surface area (Å²) in [5.74, 6) is 0. The molecule has 60 heavy (non-hydrogen) atoms. The Morgan fingerprint density at radius 1 is 0.450 bits per heavy atom. The van der Waals surface area contributed by atoms with Gasteiger partial charge < -0.3 is 9.13 Å². The van der Waals surface area contributed by atoms with E-state index in [4.69, 9.17) is 19.7 Å². The first kappa shape index (κ1) is 36.5. The molecule has 9 aromatic rings. The van der Waals surface area contributed by atoms with Crippen LogP contribution < -0.4 is 0 Å². The number of hydrogen-bond donors (Lipinski definition) is 0. The Morgan fingerprint density at radius 2 is 0.883 bits per heavy atom. The second kappa shape index (κ2) is 13.8. The van der Waals surface area contributed by atoms with E-state index in [-0.39, 0.29) is 11.3 Å². The van der Waals surface area contributed by atoms with E-state index in [0.29, 0.717) is 99.7 Å². The third-order valence-electron chi connectivity index (χ3n) is 10.7. The number of aromatic nitrogens is 2. The molecule has 11 heteroatoms. The molecular weight excluding hydrogens is 758 g/mol. The molecule has 0 unspecified atom stereocenters. The van der Waals surface area contributed by atoms with Crippen molar-refractivity contribution in [2.45, 2.75) is 6.18 Å². The molecule has 0 spiro atoms. The highest BCUT2D eigenvalue weighted by Gasteiger charge is 2.31. The topological polar surface area (TPSA) is 94.3 Å². The standard InChI is InChI=1S/C49H21F3N8/c1-56-33-9-16-45-40(23-33)41-24-34(57-2)10-17-46(41)60(45)48-21-31(35-13-8-32(49(50,51)52)22-42(35)58-3)7-12-37(48)36-11-4-30(27-55)20-47(36)59-43-14-5-28(25-53)18-38(43)39-19-29(26-54)6-15-44(39)59/h4-24H. The van der Waals surface area contributed by atoms with Gasteiger partial charge in [-0.2, -0.15) is 29.0 Å². The summed E-state index contributed by atoms with van der Waals surface area (Å²) in [6.07, 6.45) is -4.66. The van der Waals surface area contributed by atoms with Crippen molar-refractivity contribution in [1.29, 1.82) is 15.8 Å². The van der Waals surface area contributed by atoms with Gasteiger partial charge in [0.25, 0.3) is 0 Å². The monoisotopic (exact) mass is 778 g/mol. The molecule has 0 aliphatic rings. The van der Waals surface area contributed by atoms with Crippen molar-refractivity contribution in [3.63, 3.8) is 0 Å². The van der Waals surface area contributed by atoms with E-state index in [2.05, 4.69) is 32.7 Å². The number of nitriles is 3. The molecule has 0 bridgehead atoms. The van der Waals surface area contributed by atoms with Crippen LogP contribution in [0.5, 0.6) is 0 Å². The highest BCUT2D eigenvalue weighted by atomic mass is 19.4. The second-order valence-electron chi connectivity index (χ2n) is 13.9. The summed E-state index contributed by atoms with van der Waals surface area (Å²) in [5, 5.41) is 32.7. The van der Waals surface area contributed by atoms with Crippen LogP contribution in [0.25, 0.3) is 91.8 Å². The van der Waals surface area contributed by atoms with Crippen LogP contribution >= 0.6 is 0 Å². The molecule has 0 radical (unpaired) electrons. The number of alkyl halides is 3. The lowest BCUT2D eigenvalue weighted by atomic mass is 9.94. The number of hydrogen-bond acceptors (Lipinski definition) is 3. The van der Waals surface area contributed by atoms with Gasteiger partial charge in [0.05, 0.1) is 88.1 Å². The van der Waals surface area contributed by atoms with E-state index in [9.17, 15) is 29.0 Å². The Bertz CT molecular complexity index is 3480. The number of fused-ring (bicyclic) bond motifs is 6. The van der Waals surface area contributed by atoms with Crippen molar-refractivity contribution in [3.8, 4) is 51.8 Å². The molecule has 0 atom stereocenters. The molecule has 9 rings (SSSR count). The number of benzene rings is 7. The van der Waals surface area contributed by atoms with Crippen molar-refractivity contribution in [1.82, 2.24) is 9.13 Å². The van der Waals surface area contributed by atoms with Crippen LogP contribution in [0, 0.1) is 53.7 Å². The molecule has 0 aliphatic carbocycles. The lowest BCUT2D eigenvalue weighted by Gasteiger charge is -2.20. The zero-order valence-corrected chi connectivity index (χ0v) is 30.8. The van der Waals surface area contributed by atoms with Gasteiger partial charge in [0, 0.05) is 27.5 Å². The maximum Gasteiger partial charge on any atom is 0.415 e. The fraction of sp³-hybridized carbons (Fsp3) is 0.0204. The predicted molar refractivity (Wildman–Crippen MR) is 224 cm³/mol. The number of nitrogens with zero attached hydrogens (tertiary/aromatic N) is 8. The molecule has 8 nitrogen and oxygen atoms in total. The van der Waals surface area contributed by atoms with E-state index < -0.39 is 11.7 Å². The molecule has 0 aliphatic heterocycles. The van der Waals surface area contributed by atoms with Crippen molar-refractivity contribution in [2.75, 3.05) is 0 Å². The molecule has 2 aromatic heterocycles. The third-order valence-corrected chi connectivity index (χ3v) is 10.7. The minimum atomic E-state index is -4.66. The van der Waals surface area contributed by atoms with Crippen LogP contribution in [-0.4, -0.2) is 9.13 Å². The van der Waals surface area contributed by atoms with E-state index >= 15 is 0 Å². The van der Waals surface area contributed by atoms with Gasteiger partial charge in [0.1, 0.15) is 0 Å². The lowest BCUT2D eigenvalue weighted by Crippen LogP contribution is -2.04. The van der Waals surface area contributed by atoms with Gasteiger partial charge in [-0.3, -0.25) is 0 Å². The molecule has 0 N–H and O–H groups in total. The lowest BCUT2D eigenvalue weighted by molar-refractivity contribution is -0.137. The largest absolute Gasteiger partial charge is 0.415 e. The molecule has 7 aromatic carbocycles. The van der Waals surface area contributed by atoms with Crippen molar-refractivity contribution >= 4 is 60.7 Å². The second-order valence-corrected chi connectivity index (χ2v) is 13.9. The highest BCUT2D eigenvalue weighted by Crippen LogP contribution is 2.45. The summed E-state index contributed by atoms with van der Waals surface area (Å²) < 4.78 is 45.4. The van der Waals surface area contributed by atoms with E-state index in [0.717, 1.165) is 12.1 Å². The molecule has 2 heterocycles. The summed E-state index contributed by atoms with van der Waals surface area (Å²) >= 11 is 0. The fourth-order valence-electron chi connectivity index (χ4n) is 7.99. The third kappa shape index (κ3) is 5.72. The minimum Gasteiger partial charge on any atom is -0.309 e. The van der Waals surface area contributed by atoms with Crippen molar-refractivity contribution in [3.05, 3.63) is 184 Å². The Labute approximate surface area is 339 Å². The van der Waals surface area contributed by atoms with E-state index in [1.807, 2.05) is 51.6 Å². The Balaban J connectivity index is 1.42. The fourth-order valence-corrected chi connectivity index (χ4v) is 7.99. The van der Waals surface area contributed by atoms with Crippen LogP contribution in [0.4, 0.5) is 30.2 Å². The summed E-state index contributed by atoms with van der Waals surface area (Å²) in [6.45, 7) is 23.3. The van der Waals surface area contributed by atoms with E-state index in [1.165, 1.54) is 6.07 Å². The molecular formula is C49H21F3N8. The summed E-state index contributed by atoms with van der Waals surface area (Å²) in [6, 6.07) is 41.4. The van der Waals surface area contributed by atoms with Crippen molar-refractivity contribution in [2.24, 2.45) is 0 Å². The molecule has 0 amide bonds. The first-order valence-electron chi connectivity index (χ1n) is 18.1. The van der Waals surface area contributed by atoms with E-state index in [1.54, 1.807) is 66.7 Å². The number of halogens is 3.